The zero-order valence-electron chi connectivity index (χ0n) is 12.5. The van der Waals surface area contributed by atoms with Gasteiger partial charge in [-0.1, -0.05) is 13.8 Å². The molecule has 0 radical (unpaired) electrons. The smallest absolute Gasteiger partial charge is 0.287 e. The molecule has 0 unspecified atom stereocenters. The van der Waals surface area contributed by atoms with Crippen LogP contribution in [0.5, 0.6) is 0 Å². The Morgan fingerprint density at radius 1 is 1.60 bits per heavy atom. The molecule has 5 nitrogen and oxygen atoms in total. The highest BCUT2D eigenvalue weighted by atomic mass is 16.5. The molecule has 0 aliphatic heterocycles. The summed E-state index contributed by atoms with van der Waals surface area (Å²) in [6, 6.07) is 1.75. The molecule has 2 rings (SSSR count). The number of carbonyl (C=O) groups excluding carboxylic acids is 1. The van der Waals surface area contributed by atoms with Crippen molar-refractivity contribution >= 4 is 5.91 Å². The Morgan fingerprint density at radius 2 is 2.30 bits per heavy atom. The van der Waals surface area contributed by atoms with E-state index in [9.17, 15) is 9.90 Å². The van der Waals surface area contributed by atoms with Crippen LogP contribution in [0, 0.1) is 12.3 Å². The lowest BCUT2D eigenvalue weighted by atomic mass is 9.54. The minimum absolute atomic E-state index is 0.0395. The van der Waals surface area contributed by atoms with Crippen LogP contribution in [0.2, 0.25) is 0 Å². The zero-order valence-corrected chi connectivity index (χ0v) is 12.5. The normalized spacial score (nSPS) is 27.9. The summed E-state index contributed by atoms with van der Waals surface area (Å²) in [5.74, 6) is 0.0121. The number of aliphatic hydroxyl groups excluding tert-OH is 1. The number of aliphatic hydroxyl groups is 1. The van der Waals surface area contributed by atoms with E-state index in [4.69, 9.17) is 9.15 Å². The van der Waals surface area contributed by atoms with Gasteiger partial charge in [-0.15, -0.1) is 0 Å². The molecule has 0 spiro atoms. The SMILES string of the molecule is CCO[C@@H]1C[C@@](CO)(NC(=O)c2occc2C)C1(C)C. The lowest BCUT2D eigenvalue weighted by molar-refractivity contribution is -0.172. The molecule has 0 aromatic carbocycles. The van der Waals surface area contributed by atoms with Crippen molar-refractivity contribution in [3.8, 4) is 0 Å². The minimum atomic E-state index is -0.664. The average Bonchev–Trinajstić information content (AvgIpc) is 2.83. The first-order valence-corrected chi connectivity index (χ1v) is 6.97. The van der Waals surface area contributed by atoms with Crippen LogP contribution in [0.25, 0.3) is 0 Å². The zero-order chi connectivity index (χ0) is 15.0. The first kappa shape index (κ1) is 15.1. The van der Waals surface area contributed by atoms with Crippen LogP contribution in [-0.4, -0.2) is 35.9 Å². The molecule has 20 heavy (non-hydrogen) atoms. The predicted octanol–water partition coefficient (Wildman–Crippen LogP) is 1.88. The van der Waals surface area contributed by atoms with Crippen LogP contribution in [0.15, 0.2) is 16.7 Å². The Morgan fingerprint density at radius 3 is 2.75 bits per heavy atom. The van der Waals surface area contributed by atoms with E-state index in [1.165, 1.54) is 6.26 Å². The maximum atomic E-state index is 12.3. The van der Waals surface area contributed by atoms with Gasteiger partial charge >= 0.3 is 0 Å². The third kappa shape index (κ3) is 2.15. The largest absolute Gasteiger partial charge is 0.459 e. The summed E-state index contributed by atoms with van der Waals surface area (Å²) in [5, 5.41) is 12.7. The number of furan rings is 1. The second-order valence-electron chi connectivity index (χ2n) is 6.00. The second-order valence-corrected chi connectivity index (χ2v) is 6.00. The molecule has 1 fully saturated rings. The highest BCUT2D eigenvalue weighted by Gasteiger charge is 2.61. The van der Waals surface area contributed by atoms with Gasteiger partial charge < -0.3 is 19.6 Å². The van der Waals surface area contributed by atoms with Crippen LogP contribution in [-0.2, 0) is 4.74 Å². The number of rotatable bonds is 5. The van der Waals surface area contributed by atoms with Gasteiger partial charge in [-0.25, -0.2) is 0 Å². The fourth-order valence-corrected chi connectivity index (χ4v) is 2.88. The lowest BCUT2D eigenvalue weighted by Crippen LogP contribution is -2.74. The highest BCUT2D eigenvalue weighted by Crippen LogP contribution is 2.51. The van der Waals surface area contributed by atoms with Crippen LogP contribution < -0.4 is 5.32 Å². The number of ether oxygens (including phenoxy) is 1. The fraction of sp³-hybridized carbons (Fsp3) is 0.667. The van der Waals surface area contributed by atoms with E-state index in [0.29, 0.717) is 18.8 Å². The molecule has 0 saturated heterocycles. The van der Waals surface area contributed by atoms with Crippen LogP contribution in [0.4, 0.5) is 0 Å². The Labute approximate surface area is 119 Å². The van der Waals surface area contributed by atoms with E-state index in [1.54, 1.807) is 6.07 Å². The standard InChI is InChI=1S/C15H23NO4/c1-5-19-11-8-15(9-17,14(11,3)4)16-13(18)12-10(2)6-7-20-12/h6-7,11,17H,5,8-9H2,1-4H3,(H,16,18)/t11-,15+/m1/s1. The quantitative estimate of drug-likeness (QED) is 0.864. The van der Waals surface area contributed by atoms with Crippen molar-refractivity contribution in [2.75, 3.05) is 13.2 Å². The topological polar surface area (TPSA) is 71.7 Å². The first-order valence-electron chi connectivity index (χ1n) is 6.97. The average molecular weight is 281 g/mol. The van der Waals surface area contributed by atoms with E-state index >= 15 is 0 Å². The molecule has 1 aliphatic rings. The molecular weight excluding hydrogens is 258 g/mol. The number of hydrogen-bond donors (Lipinski definition) is 2. The highest BCUT2D eigenvalue weighted by molar-refractivity contribution is 5.93. The van der Waals surface area contributed by atoms with Crippen molar-refractivity contribution in [1.29, 1.82) is 0 Å². The van der Waals surface area contributed by atoms with Gasteiger partial charge in [0.15, 0.2) is 5.76 Å². The van der Waals surface area contributed by atoms with E-state index in [-0.39, 0.29) is 24.0 Å². The Kier molecular flexibility index (Phi) is 3.93. The van der Waals surface area contributed by atoms with Crippen molar-refractivity contribution < 1.29 is 19.1 Å². The summed E-state index contributed by atoms with van der Waals surface area (Å²) in [7, 11) is 0. The maximum Gasteiger partial charge on any atom is 0.287 e. The van der Waals surface area contributed by atoms with Gasteiger partial charge in [-0.05, 0) is 19.9 Å². The molecule has 0 bridgehead atoms. The number of aryl methyl sites for hydroxylation is 1. The van der Waals surface area contributed by atoms with Gasteiger partial charge in [-0.2, -0.15) is 0 Å². The number of amides is 1. The van der Waals surface area contributed by atoms with Crippen molar-refractivity contribution in [3.63, 3.8) is 0 Å². The fourth-order valence-electron chi connectivity index (χ4n) is 2.88. The monoisotopic (exact) mass is 281 g/mol. The predicted molar refractivity (Wildman–Crippen MR) is 74.5 cm³/mol. The molecule has 1 amide bonds. The molecule has 1 aromatic heterocycles. The van der Waals surface area contributed by atoms with Crippen molar-refractivity contribution in [2.45, 2.75) is 45.8 Å². The van der Waals surface area contributed by atoms with Gasteiger partial charge in [0.2, 0.25) is 0 Å². The Balaban J connectivity index is 2.14. The number of nitrogens with one attached hydrogen (secondary N) is 1. The Hall–Kier alpha value is -1.33. The summed E-state index contributed by atoms with van der Waals surface area (Å²) < 4.78 is 10.9. The van der Waals surface area contributed by atoms with Crippen molar-refractivity contribution in [2.24, 2.45) is 5.41 Å². The summed E-state index contributed by atoms with van der Waals surface area (Å²) >= 11 is 0. The first-order chi connectivity index (χ1) is 9.38. The third-order valence-electron chi connectivity index (χ3n) is 4.63. The van der Waals surface area contributed by atoms with E-state index in [0.717, 1.165) is 5.56 Å². The van der Waals surface area contributed by atoms with E-state index in [1.807, 2.05) is 27.7 Å². The van der Waals surface area contributed by atoms with Crippen LogP contribution in [0.3, 0.4) is 0 Å². The Bertz CT molecular complexity index is 494. The summed E-state index contributed by atoms with van der Waals surface area (Å²) in [6.45, 7) is 8.28. The minimum Gasteiger partial charge on any atom is -0.459 e. The summed E-state index contributed by atoms with van der Waals surface area (Å²) in [5.41, 5.74) is -0.203. The molecule has 2 atom stereocenters. The van der Waals surface area contributed by atoms with Gasteiger partial charge in [0.25, 0.3) is 5.91 Å². The molecule has 1 heterocycles. The molecular formula is C15H23NO4. The van der Waals surface area contributed by atoms with Gasteiger partial charge in [0.05, 0.1) is 24.5 Å². The van der Waals surface area contributed by atoms with E-state index < -0.39 is 5.54 Å². The van der Waals surface area contributed by atoms with Gasteiger partial charge in [-0.3, -0.25) is 4.79 Å². The van der Waals surface area contributed by atoms with Crippen LogP contribution in [0.1, 0.15) is 43.3 Å². The molecule has 2 N–H and O–H groups in total. The summed E-state index contributed by atoms with van der Waals surface area (Å²) in [4.78, 5) is 12.3. The second kappa shape index (κ2) is 5.22. The van der Waals surface area contributed by atoms with Crippen LogP contribution >= 0.6 is 0 Å². The number of hydrogen-bond acceptors (Lipinski definition) is 4. The van der Waals surface area contributed by atoms with Gasteiger partial charge in [0.1, 0.15) is 0 Å². The molecule has 5 heteroatoms. The summed E-state index contributed by atoms with van der Waals surface area (Å²) in [6.07, 6.45) is 2.14. The lowest BCUT2D eigenvalue weighted by Gasteiger charge is -2.60. The maximum absolute atomic E-state index is 12.3. The molecule has 1 aliphatic carbocycles. The molecule has 1 saturated carbocycles. The van der Waals surface area contributed by atoms with E-state index in [2.05, 4.69) is 5.32 Å². The van der Waals surface area contributed by atoms with Crippen molar-refractivity contribution in [3.05, 3.63) is 23.7 Å². The number of carbonyl (C=O) groups is 1. The molecule has 1 aromatic rings. The molecule has 112 valence electrons. The van der Waals surface area contributed by atoms with Gasteiger partial charge in [0, 0.05) is 24.0 Å². The van der Waals surface area contributed by atoms with Crippen molar-refractivity contribution in [1.82, 2.24) is 5.32 Å². The third-order valence-corrected chi connectivity index (χ3v) is 4.63.